The van der Waals surface area contributed by atoms with E-state index in [0.717, 1.165) is 4.90 Å². The molecule has 0 saturated heterocycles. The van der Waals surface area contributed by atoms with E-state index < -0.39 is 0 Å². The van der Waals surface area contributed by atoms with Gasteiger partial charge in [-0.25, -0.2) is 9.29 Å². The highest BCUT2D eigenvalue weighted by Crippen LogP contribution is 2.24. The Bertz CT molecular complexity index is 520. The van der Waals surface area contributed by atoms with Crippen molar-refractivity contribution in [2.45, 2.75) is 13.8 Å². The first-order chi connectivity index (χ1) is 7.50. The standard InChI is InChI=1S/C12H10FNO2/c1-7-5-9(3-4-10(7)13)14-11(15)6-8(2)12(14)16/h3-6H,1-2H3. The molecule has 1 heterocycles. The second-order valence-corrected chi connectivity index (χ2v) is 3.74. The zero-order chi connectivity index (χ0) is 11.9. The number of carbonyl (C=O) groups excluding carboxylic acids is 2. The molecule has 4 heteroatoms. The lowest BCUT2D eigenvalue weighted by molar-refractivity contribution is -0.120. The number of benzene rings is 1. The molecule has 1 aliphatic rings. The minimum absolute atomic E-state index is 0.351. The second kappa shape index (κ2) is 3.56. The normalized spacial score (nSPS) is 15.7. The number of anilines is 1. The van der Waals surface area contributed by atoms with E-state index in [0.29, 0.717) is 16.8 Å². The van der Waals surface area contributed by atoms with Gasteiger partial charge in [0.25, 0.3) is 11.8 Å². The predicted octanol–water partition coefficient (Wildman–Crippen LogP) is 1.95. The maximum Gasteiger partial charge on any atom is 0.261 e. The number of amides is 2. The van der Waals surface area contributed by atoms with Crippen molar-refractivity contribution in [2.75, 3.05) is 4.90 Å². The molecule has 0 saturated carbocycles. The van der Waals surface area contributed by atoms with Crippen molar-refractivity contribution in [1.82, 2.24) is 0 Å². The molecule has 82 valence electrons. The van der Waals surface area contributed by atoms with Crippen LogP contribution in [0.2, 0.25) is 0 Å². The van der Waals surface area contributed by atoms with Gasteiger partial charge in [0.05, 0.1) is 5.69 Å². The Hall–Kier alpha value is -1.97. The minimum Gasteiger partial charge on any atom is -0.269 e. The van der Waals surface area contributed by atoms with E-state index >= 15 is 0 Å². The van der Waals surface area contributed by atoms with Crippen LogP contribution in [0.1, 0.15) is 12.5 Å². The van der Waals surface area contributed by atoms with Crippen molar-refractivity contribution in [2.24, 2.45) is 0 Å². The number of nitrogens with zero attached hydrogens (tertiary/aromatic N) is 1. The third kappa shape index (κ3) is 1.52. The van der Waals surface area contributed by atoms with Gasteiger partial charge < -0.3 is 0 Å². The highest BCUT2D eigenvalue weighted by atomic mass is 19.1. The molecule has 3 nitrogen and oxygen atoms in total. The van der Waals surface area contributed by atoms with Gasteiger partial charge in [0.15, 0.2) is 0 Å². The molecule has 0 aromatic heterocycles. The van der Waals surface area contributed by atoms with Gasteiger partial charge in [-0.3, -0.25) is 9.59 Å². The first-order valence-corrected chi connectivity index (χ1v) is 4.83. The molecule has 0 N–H and O–H groups in total. The van der Waals surface area contributed by atoms with Gasteiger partial charge in [-0.15, -0.1) is 0 Å². The van der Waals surface area contributed by atoms with Gasteiger partial charge in [0.1, 0.15) is 5.82 Å². The van der Waals surface area contributed by atoms with Crippen LogP contribution in [0.4, 0.5) is 10.1 Å². The van der Waals surface area contributed by atoms with Crippen LogP contribution in [0.5, 0.6) is 0 Å². The summed E-state index contributed by atoms with van der Waals surface area (Å²) in [6.07, 6.45) is 1.28. The maximum atomic E-state index is 13.1. The molecule has 0 fully saturated rings. The fraction of sp³-hybridized carbons (Fsp3) is 0.167. The van der Waals surface area contributed by atoms with Crippen molar-refractivity contribution < 1.29 is 14.0 Å². The van der Waals surface area contributed by atoms with Crippen molar-refractivity contribution >= 4 is 17.5 Å². The van der Waals surface area contributed by atoms with Gasteiger partial charge in [-0.2, -0.15) is 0 Å². The van der Waals surface area contributed by atoms with Crippen molar-refractivity contribution in [3.8, 4) is 0 Å². The number of rotatable bonds is 1. The number of halogens is 1. The van der Waals surface area contributed by atoms with E-state index in [-0.39, 0.29) is 17.6 Å². The van der Waals surface area contributed by atoms with Crippen LogP contribution in [0.25, 0.3) is 0 Å². The molecule has 1 aromatic rings. The monoisotopic (exact) mass is 219 g/mol. The number of hydrogen-bond donors (Lipinski definition) is 0. The summed E-state index contributed by atoms with van der Waals surface area (Å²) in [5.41, 5.74) is 1.21. The average molecular weight is 219 g/mol. The second-order valence-electron chi connectivity index (χ2n) is 3.74. The predicted molar refractivity (Wildman–Crippen MR) is 57.4 cm³/mol. The smallest absolute Gasteiger partial charge is 0.261 e. The molecule has 2 rings (SSSR count). The minimum atomic E-state index is -0.381. The quantitative estimate of drug-likeness (QED) is 0.677. The lowest BCUT2D eigenvalue weighted by Gasteiger charge is -2.15. The van der Waals surface area contributed by atoms with Crippen LogP contribution in [0.15, 0.2) is 29.8 Å². The van der Waals surface area contributed by atoms with Crippen LogP contribution in [0.3, 0.4) is 0 Å². The SMILES string of the molecule is CC1=CC(=O)N(c2ccc(F)c(C)c2)C1=O. The molecule has 0 bridgehead atoms. The van der Waals surface area contributed by atoms with Crippen LogP contribution in [0, 0.1) is 12.7 Å². The molecular formula is C12H10FNO2. The summed E-state index contributed by atoms with van der Waals surface area (Å²) in [6.45, 7) is 3.17. The Labute approximate surface area is 92.2 Å². The van der Waals surface area contributed by atoms with Gasteiger partial charge in [0.2, 0.25) is 0 Å². The Morgan fingerprint density at radius 1 is 1.19 bits per heavy atom. The van der Waals surface area contributed by atoms with Gasteiger partial charge in [-0.1, -0.05) is 0 Å². The van der Waals surface area contributed by atoms with Crippen molar-refractivity contribution in [3.63, 3.8) is 0 Å². The van der Waals surface area contributed by atoms with Crippen LogP contribution in [-0.4, -0.2) is 11.8 Å². The largest absolute Gasteiger partial charge is 0.269 e. The summed E-state index contributed by atoms with van der Waals surface area (Å²) in [7, 11) is 0. The maximum absolute atomic E-state index is 13.1. The van der Waals surface area contributed by atoms with E-state index in [1.54, 1.807) is 13.8 Å². The lowest BCUT2D eigenvalue weighted by atomic mass is 10.2. The molecule has 0 atom stereocenters. The molecule has 2 amide bonds. The summed E-state index contributed by atoms with van der Waals surface area (Å²) in [5.74, 6) is -1.09. The first kappa shape index (κ1) is 10.5. The Kier molecular flexibility index (Phi) is 2.34. The van der Waals surface area contributed by atoms with Crippen molar-refractivity contribution in [1.29, 1.82) is 0 Å². The summed E-state index contributed by atoms with van der Waals surface area (Å²) >= 11 is 0. The highest BCUT2D eigenvalue weighted by Gasteiger charge is 2.29. The third-order valence-corrected chi connectivity index (χ3v) is 2.50. The average Bonchev–Trinajstić information content (AvgIpc) is 2.47. The molecule has 0 spiro atoms. The first-order valence-electron chi connectivity index (χ1n) is 4.83. The molecule has 1 aromatic carbocycles. The Balaban J connectivity index is 2.43. The number of carbonyl (C=O) groups is 2. The summed E-state index contributed by atoms with van der Waals surface area (Å²) in [5, 5.41) is 0. The molecule has 1 aliphatic heterocycles. The summed E-state index contributed by atoms with van der Waals surface area (Å²) in [4.78, 5) is 24.2. The Morgan fingerprint density at radius 2 is 1.88 bits per heavy atom. The van der Waals surface area contributed by atoms with Crippen molar-refractivity contribution in [3.05, 3.63) is 41.2 Å². The van der Waals surface area contributed by atoms with Gasteiger partial charge in [-0.05, 0) is 37.6 Å². The van der Waals surface area contributed by atoms with E-state index in [2.05, 4.69) is 0 Å². The molecule has 0 unspecified atom stereocenters. The summed E-state index contributed by atoms with van der Waals surface area (Å²) < 4.78 is 13.1. The number of imide groups is 1. The van der Waals surface area contributed by atoms with E-state index in [4.69, 9.17) is 0 Å². The van der Waals surface area contributed by atoms with Gasteiger partial charge in [0, 0.05) is 11.6 Å². The molecule has 16 heavy (non-hydrogen) atoms. The molecule has 0 radical (unpaired) electrons. The van der Waals surface area contributed by atoms with E-state index in [1.807, 2.05) is 0 Å². The number of aryl methyl sites for hydroxylation is 1. The van der Waals surface area contributed by atoms with E-state index in [1.165, 1.54) is 24.3 Å². The zero-order valence-corrected chi connectivity index (χ0v) is 8.95. The van der Waals surface area contributed by atoms with Crippen LogP contribution in [-0.2, 0) is 9.59 Å². The topological polar surface area (TPSA) is 37.4 Å². The highest BCUT2D eigenvalue weighted by molar-refractivity contribution is 6.30. The zero-order valence-electron chi connectivity index (χ0n) is 8.95. The molecule has 0 aliphatic carbocycles. The fourth-order valence-electron chi connectivity index (χ4n) is 1.60. The molecular weight excluding hydrogens is 209 g/mol. The van der Waals surface area contributed by atoms with Gasteiger partial charge >= 0.3 is 0 Å². The summed E-state index contributed by atoms with van der Waals surface area (Å²) in [6, 6.07) is 4.15. The Morgan fingerprint density at radius 3 is 2.38 bits per heavy atom. The lowest BCUT2D eigenvalue weighted by Crippen LogP contribution is -2.30. The number of hydrogen-bond acceptors (Lipinski definition) is 2. The van der Waals surface area contributed by atoms with Crippen LogP contribution >= 0.6 is 0 Å². The fourth-order valence-corrected chi connectivity index (χ4v) is 1.60. The van der Waals surface area contributed by atoms with Crippen LogP contribution < -0.4 is 4.90 Å². The van der Waals surface area contributed by atoms with E-state index in [9.17, 15) is 14.0 Å². The third-order valence-electron chi connectivity index (χ3n) is 2.50.